The highest BCUT2D eigenvalue weighted by atomic mass is 35.5. The topological polar surface area (TPSA) is 62.9 Å². The van der Waals surface area contributed by atoms with Gasteiger partial charge in [0.2, 0.25) is 0 Å². The zero-order chi connectivity index (χ0) is 19.0. The average Bonchev–Trinajstić information content (AvgIpc) is 3.34. The van der Waals surface area contributed by atoms with E-state index in [2.05, 4.69) is 17.3 Å². The highest BCUT2D eigenvalue weighted by Gasteiger charge is 2.67. The van der Waals surface area contributed by atoms with Gasteiger partial charge in [0.1, 0.15) is 11.5 Å². The molecular formula is C22H17ClN2O3. The number of furan rings is 1. The van der Waals surface area contributed by atoms with Crippen LogP contribution >= 0.6 is 11.6 Å². The van der Waals surface area contributed by atoms with Crippen LogP contribution in [0, 0.1) is 35.5 Å². The normalized spacial score (nSPS) is 35.0. The van der Waals surface area contributed by atoms with Crippen molar-refractivity contribution in [3.8, 4) is 11.3 Å². The molecule has 1 aromatic heterocycles. The van der Waals surface area contributed by atoms with Crippen LogP contribution in [-0.2, 0) is 9.59 Å². The first-order valence-electron chi connectivity index (χ1n) is 9.58. The lowest BCUT2D eigenvalue weighted by molar-refractivity contribution is -0.140. The first kappa shape index (κ1) is 16.3. The molecule has 140 valence electrons. The standard InChI is InChI=1S/C22H17ClN2O3/c23-12-3-1-11(2-4-12)18-8-5-13(28-18)10-24-25-21(26)19-14-6-7-15(17-9-16(14)17)20(19)22(25)27/h1-8,10,14-17,19-20H,9H2/b24-10-/t14-,15-,16-,17+,19+,20+/m1/s1. The fraction of sp³-hybridized carbons (Fsp3) is 0.318. The molecular weight excluding hydrogens is 376 g/mol. The smallest absolute Gasteiger partial charge is 0.254 e. The third-order valence-electron chi connectivity index (χ3n) is 6.70. The maximum Gasteiger partial charge on any atom is 0.254 e. The van der Waals surface area contributed by atoms with Gasteiger partial charge in [-0.3, -0.25) is 9.59 Å². The minimum Gasteiger partial charge on any atom is -0.455 e. The molecule has 1 saturated heterocycles. The van der Waals surface area contributed by atoms with Crippen molar-refractivity contribution in [1.82, 2.24) is 5.01 Å². The number of nitrogens with zero attached hydrogens (tertiary/aromatic N) is 2. The summed E-state index contributed by atoms with van der Waals surface area (Å²) >= 11 is 5.92. The summed E-state index contributed by atoms with van der Waals surface area (Å²) in [5.74, 6) is 1.95. The number of allylic oxidation sites excluding steroid dienone is 2. The van der Waals surface area contributed by atoms with Crippen LogP contribution in [0.5, 0.6) is 0 Å². The van der Waals surface area contributed by atoms with E-state index in [1.807, 2.05) is 18.2 Å². The number of halogens is 1. The van der Waals surface area contributed by atoms with Crippen LogP contribution in [0.2, 0.25) is 5.02 Å². The van der Waals surface area contributed by atoms with Crippen molar-refractivity contribution in [3.63, 3.8) is 0 Å². The van der Waals surface area contributed by atoms with Crippen molar-refractivity contribution in [1.29, 1.82) is 0 Å². The molecule has 3 fully saturated rings. The first-order valence-corrected chi connectivity index (χ1v) is 9.95. The van der Waals surface area contributed by atoms with Gasteiger partial charge in [-0.05, 0) is 66.5 Å². The molecule has 2 bridgehead atoms. The van der Waals surface area contributed by atoms with E-state index in [0.29, 0.717) is 28.4 Å². The van der Waals surface area contributed by atoms with E-state index < -0.39 is 0 Å². The summed E-state index contributed by atoms with van der Waals surface area (Å²) in [4.78, 5) is 25.8. The summed E-state index contributed by atoms with van der Waals surface area (Å²) in [5.41, 5.74) is 0.894. The second-order valence-corrected chi connectivity index (χ2v) is 8.53. The second-order valence-electron chi connectivity index (χ2n) is 8.10. The maximum absolute atomic E-state index is 12.9. The Bertz CT molecular complexity index is 1020. The van der Waals surface area contributed by atoms with Gasteiger partial charge in [-0.15, -0.1) is 0 Å². The molecule has 0 radical (unpaired) electrons. The first-order chi connectivity index (χ1) is 13.6. The summed E-state index contributed by atoms with van der Waals surface area (Å²) in [7, 11) is 0. The van der Waals surface area contributed by atoms with Crippen LogP contribution in [0.3, 0.4) is 0 Å². The Morgan fingerprint density at radius 1 is 0.964 bits per heavy atom. The van der Waals surface area contributed by atoms with Crippen LogP contribution in [0.1, 0.15) is 12.2 Å². The van der Waals surface area contributed by atoms with Gasteiger partial charge in [0, 0.05) is 10.6 Å². The van der Waals surface area contributed by atoms with Crippen LogP contribution in [0.25, 0.3) is 11.3 Å². The molecule has 5 nitrogen and oxygen atoms in total. The van der Waals surface area contributed by atoms with E-state index >= 15 is 0 Å². The van der Waals surface area contributed by atoms with Gasteiger partial charge < -0.3 is 4.42 Å². The van der Waals surface area contributed by atoms with Gasteiger partial charge in [-0.2, -0.15) is 10.1 Å². The lowest BCUT2D eigenvalue weighted by Gasteiger charge is -2.37. The molecule has 2 aromatic rings. The number of imide groups is 1. The fourth-order valence-corrected chi connectivity index (χ4v) is 5.49. The van der Waals surface area contributed by atoms with Gasteiger partial charge in [0.25, 0.3) is 11.8 Å². The summed E-state index contributed by atoms with van der Waals surface area (Å²) in [6.45, 7) is 0. The van der Waals surface area contributed by atoms with Crippen molar-refractivity contribution in [2.75, 3.05) is 0 Å². The lowest BCUT2D eigenvalue weighted by atomic mass is 9.63. The molecule has 6 atom stereocenters. The second kappa shape index (κ2) is 5.67. The molecule has 0 N–H and O–H groups in total. The van der Waals surface area contributed by atoms with E-state index in [0.717, 1.165) is 17.0 Å². The molecule has 7 rings (SSSR count). The molecule has 0 unspecified atom stereocenters. The van der Waals surface area contributed by atoms with Crippen molar-refractivity contribution in [3.05, 3.63) is 59.3 Å². The highest BCUT2D eigenvalue weighted by Crippen LogP contribution is 2.65. The van der Waals surface area contributed by atoms with E-state index in [1.165, 1.54) is 6.21 Å². The van der Waals surface area contributed by atoms with Gasteiger partial charge in [-0.1, -0.05) is 23.8 Å². The van der Waals surface area contributed by atoms with E-state index in [4.69, 9.17) is 16.0 Å². The molecule has 2 saturated carbocycles. The Morgan fingerprint density at radius 2 is 1.61 bits per heavy atom. The number of carbonyl (C=O) groups is 2. The Balaban J connectivity index is 1.24. The molecule has 4 aliphatic carbocycles. The number of benzene rings is 1. The predicted molar refractivity (Wildman–Crippen MR) is 103 cm³/mol. The minimum absolute atomic E-state index is 0.166. The summed E-state index contributed by atoms with van der Waals surface area (Å²) in [5, 5.41) is 5.93. The van der Waals surface area contributed by atoms with Crippen LogP contribution < -0.4 is 0 Å². The largest absolute Gasteiger partial charge is 0.455 e. The molecule has 0 spiro atoms. The third kappa shape index (κ3) is 2.23. The lowest BCUT2D eigenvalue weighted by Crippen LogP contribution is -2.40. The van der Waals surface area contributed by atoms with Crippen LogP contribution in [0.15, 0.2) is 58.1 Å². The zero-order valence-electron chi connectivity index (χ0n) is 14.9. The molecule has 1 aliphatic heterocycles. The van der Waals surface area contributed by atoms with Gasteiger partial charge in [0.05, 0.1) is 18.1 Å². The zero-order valence-corrected chi connectivity index (χ0v) is 15.6. The van der Waals surface area contributed by atoms with Crippen molar-refractivity contribution in [2.45, 2.75) is 6.42 Å². The monoisotopic (exact) mass is 392 g/mol. The number of carbonyl (C=O) groups excluding carboxylic acids is 2. The summed E-state index contributed by atoms with van der Waals surface area (Å²) < 4.78 is 5.78. The van der Waals surface area contributed by atoms with Gasteiger partial charge in [-0.25, -0.2) is 0 Å². The maximum atomic E-state index is 12.9. The Labute approximate surface area is 166 Å². The summed E-state index contributed by atoms with van der Waals surface area (Å²) in [6, 6.07) is 10.9. The number of hydrogen-bond donors (Lipinski definition) is 0. The van der Waals surface area contributed by atoms with Crippen LogP contribution in [-0.4, -0.2) is 23.0 Å². The molecule has 28 heavy (non-hydrogen) atoms. The number of hydrogen-bond acceptors (Lipinski definition) is 4. The van der Waals surface area contributed by atoms with Crippen molar-refractivity contribution < 1.29 is 14.0 Å². The van der Waals surface area contributed by atoms with E-state index in [9.17, 15) is 9.59 Å². The molecule has 2 amide bonds. The number of amides is 2. The van der Waals surface area contributed by atoms with Crippen LogP contribution in [0.4, 0.5) is 0 Å². The quantitative estimate of drug-likeness (QED) is 0.451. The molecule has 6 heteroatoms. The predicted octanol–water partition coefficient (Wildman–Crippen LogP) is 3.99. The Morgan fingerprint density at radius 3 is 2.25 bits per heavy atom. The molecule has 1 aromatic carbocycles. The number of hydrazone groups is 1. The van der Waals surface area contributed by atoms with Gasteiger partial charge >= 0.3 is 0 Å². The number of rotatable bonds is 3. The SMILES string of the molecule is O=C1[C@H]2[C@@H]3C=C[C@H]([C@@H]4C[C@H]34)[C@@H]2C(=O)N1/N=C\c1ccc(-c2ccc(Cl)cc2)o1. The Hall–Kier alpha value is -2.66. The summed E-state index contributed by atoms with van der Waals surface area (Å²) in [6.07, 6.45) is 6.91. The van der Waals surface area contributed by atoms with E-state index in [1.54, 1.807) is 18.2 Å². The van der Waals surface area contributed by atoms with Gasteiger partial charge in [0.15, 0.2) is 0 Å². The third-order valence-corrected chi connectivity index (χ3v) is 6.95. The van der Waals surface area contributed by atoms with Crippen molar-refractivity contribution in [2.24, 2.45) is 40.6 Å². The van der Waals surface area contributed by atoms with E-state index in [-0.39, 0.29) is 35.5 Å². The Kier molecular flexibility index (Phi) is 3.30. The van der Waals surface area contributed by atoms with Crippen molar-refractivity contribution >= 4 is 29.6 Å². The fourth-order valence-electron chi connectivity index (χ4n) is 5.36. The highest BCUT2D eigenvalue weighted by molar-refractivity contribution is 6.30. The molecule has 5 aliphatic rings. The average molecular weight is 393 g/mol. The minimum atomic E-state index is -0.232. The molecule has 2 heterocycles.